The second-order valence-corrected chi connectivity index (χ2v) is 11.4. The summed E-state index contributed by atoms with van der Waals surface area (Å²) in [7, 11) is 0. The van der Waals surface area contributed by atoms with Crippen molar-refractivity contribution >= 4 is 57.8 Å². The molecule has 9 heteroatoms. The van der Waals surface area contributed by atoms with Crippen LogP contribution in [0.25, 0.3) is 17.0 Å². The minimum absolute atomic E-state index is 0.0545. The third-order valence-corrected chi connectivity index (χ3v) is 8.26. The monoisotopic (exact) mass is 618 g/mol. The van der Waals surface area contributed by atoms with E-state index in [-0.39, 0.29) is 16.9 Å². The Bertz CT molecular complexity index is 1830. The first-order valence-corrected chi connectivity index (χ1v) is 15.6. The number of para-hydroxylation sites is 1. The molecule has 1 unspecified atom stereocenters. The highest BCUT2D eigenvalue weighted by Crippen LogP contribution is 2.29. The van der Waals surface area contributed by atoms with Gasteiger partial charge in [-0.3, -0.25) is 14.4 Å². The molecule has 0 saturated carbocycles. The molecular formula is C36H34N4O4S. The maximum atomic E-state index is 13.6. The molecule has 0 fully saturated rings. The number of anilines is 2. The van der Waals surface area contributed by atoms with E-state index in [1.54, 1.807) is 36.4 Å². The first kappa shape index (κ1) is 31.2. The first-order chi connectivity index (χ1) is 21.9. The van der Waals surface area contributed by atoms with Crippen LogP contribution in [0.3, 0.4) is 0 Å². The van der Waals surface area contributed by atoms with Crippen molar-refractivity contribution in [3.63, 3.8) is 0 Å². The van der Waals surface area contributed by atoms with Gasteiger partial charge in [-0.15, -0.1) is 11.8 Å². The summed E-state index contributed by atoms with van der Waals surface area (Å²) in [4.78, 5) is 43.8. The first-order valence-electron chi connectivity index (χ1n) is 14.7. The minimum atomic E-state index is -0.503. The van der Waals surface area contributed by atoms with Gasteiger partial charge in [-0.1, -0.05) is 55.5 Å². The highest BCUT2D eigenvalue weighted by atomic mass is 32.2. The molecule has 0 aliphatic heterocycles. The molecule has 0 radical (unpaired) electrons. The normalized spacial score (nSPS) is 11.9. The fourth-order valence-electron chi connectivity index (χ4n) is 4.67. The molecule has 0 bridgehead atoms. The number of H-pyrrole nitrogens is 1. The second-order valence-electron chi connectivity index (χ2n) is 10.1. The van der Waals surface area contributed by atoms with Crippen LogP contribution in [0.1, 0.15) is 36.2 Å². The smallest absolute Gasteiger partial charge is 0.272 e. The van der Waals surface area contributed by atoms with E-state index < -0.39 is 11.8 Å². The Kier molecular flexibility index (Phi) is 10.3. The van der Waals surface area contributed by atoms with E-state index in [1.807, 2.05) is 92.8 Å². The standard InChI is InChI=1S/C36H34N4O4S/c1-3-33(36(43)39-28-18-17-24-19-20-37-30(24)23-28)45-29-15-10-14-27(22-29)38-35(42)31(40-34(41)25-11-6-5-7-12-25)21-26-13-8-9-16-32(26)44-4-2/h5-23,33,37H,3-4H2,1-2H3,(H,38,42)(H,39,43)(H,40,41)/b31-21+. The van der Waals surface area contributed by atoms with Crippen LogP contribution in [-0.2, 0) is 9.59 Å². The van der Waals surface area contributed by atoms with Crippen molar-refractivity contribution in [1.82, 2.24) is 10.3 Å². The number of amides is 3. The van der Waals surface area contributed by atoms with E-state index in [2.05, 4.69) is 20.9 Å². The number of hydrogen-bond donors (Lipinski definition) is 4. The summed E-state index contributed by atoms with van der Waals surface area (Å²) in [6.07, 6.45) is 4.07. The zero-order chi connectivity index (χ0) is 31.6. The van der Waals surface area contributed by atoms with Crippen molar-refractivity contribution in [3.05, 3.63) is 126 Å². The molecule has 8 nitrogen and oxygen atoms in total. The average Bonchev–Trinajstić information content (AvgIpc) is 3.53. The molecule has 0 spiro atoms. The molecule has 4 N–H and O–H groups in total. The Morgan fingerprint density at radius 1 is 0.844 bits per heavy atom. The van der Waals surface area contributed by atoms with Crippen molar-refractivity contribution in [2.45, 2.75) is 30.4 Å². The summed E-state index contributed by atoms with van der Waals surface area (Å²) >= 11 is 1.42. The number of aromatic nitrogens is 1. The van der Waals surface area contributed by atoms with Crippen LogP contribution in [0.2, 0.25) is 0 Å². The van der Waals surface area contributed by atoms with E-state index in [0.717, 1.165) is 21.5 Å². The molecule has 0 saturated heterocycles. The molecule has 0 aliphatic rings. The molecular weight excluding hydrogens is 584 g/mol. The Balaban J connectivity index is 1.32. The second kappa shape index (κ2) is 14.9. The number of aromatic amines is 1. The highest BCUT2D eigenvalue weighted by Gasteiger charge is 2.20. The summed E-state index contributed by atoms with van der Waals surface area (Å²) in [5, 5.41) is 9.41. The molecule has 4 aromatic carbocycles. The van der Waals surface area contributed by atoms with Crippen molar-refractivity contribution in [2.75, 3.05) is 17.2 Å². The van der Waals surface area contributed by atoms with Gasteiger partial charge in [0.2, 0.25) is 5.91 Å². The van der Waals surface area contributed by atoms with Crippen LogP contribution in [0.15, 0.2) is 120 Å². The highest BCUT2D eigenvalue weighted by molar-refractivity contribution is 8.00. The largest absolute Gasteiger partial charge is 0.493 e. The topological polar surface area (TPSA) is 112 Å². The van der Waals surface area contributed by atoms with Gasteiger partial charge < -0.3 is 25.7 Å². The van der Waals surface area contributed by atoms with Crippen LogP contribution >= 0.6 is 11.8 Å². The Morgan fingerprint density at radius 2 is 1.62 bits per heavy atom. The van der Waals surface area contributed by atoms with Gasteiger partial charge in [0, 0.05) is 39.1 Å². The van der Waals surface area contributed by atoms with E-state index in [1.165, 1.54) is 11.8 Å². The number of benzene rings is 4. The average molecular weight is 619 g/mol. The van der Waals surface area contributed by atoms with E-state index in [9.17, 15) is 14.4 Å². The van der Waals surface area contributed by atoms with Crippen LogP contribution in [-0.4, -0.2) is 34.6 Å². The molecule has 1 aromatic heterocycles. The Morgan fingerprint density at radius 3 is 2.42 bits per heavy atom. The fraction of sp³-hybridized carbons (Fsp3) is 0.139. The zero-order valence-corrected chi connectivity index (χ0v) is 25.8. The third-order valence-electron chi connectivity index (χ3n) is 6.90. The number of fused-ring (bicyclic) bond motifs is 1. The van der Waals surface area contributed by atoms with Crippen molar-refractivity contribution in [2.24, 2.45) is 0 Å². The van der Waals surface area contributed by atoms with Gasteiger partial charge in [-0.05, 0) is 79.4 Å². The lowest BCUT2D eigenvalue weighted by Gasteiger charge is -2.16. The van der Waals surface area contributed by atoms with Crippen LogP contribution in [0, 0.1) is 0 Å². The summed E-state index contributed by atoms with van der Waals surface area (Å²) in [5.74, 6) is -0.432. The number of thioether (sulfide) groups is 1. The van der Waals surface area contributed by atoms with Crippen LogP contribution in [0.4, 0.5) is 11.4 Å². The van der Waals surface area contributed by atoms with Gasteiger partial charge in [0.1, 0.15) is 11.4 Å². The van der Waals surface area contributed by atoms with Crippen molar-refractivity contribution in [1.29, 1.82) is 0 Å². The van der Waals surface area contributed by atoms with E-state index in [0.29, 0.717) is 35.6 Å². The van der Waals surface area contributed by atoms with Gasteiger partial charge in [-0.2, -0.15) is 0 Å². The SMILES string of the molecule is CCOc1ccccc1/C=C(/NC(=O)c1ccccc1)C(=O)Nc1cccc(SC(CC)C(=O)Nc2ccc3cc[nH]c3c2)c1. The van der Waals surface area contributed by atoms with E-state index in [4.69, 9.17) is 4.74 Å². The van der Waals surface area contributed by atoms with Crippen molar-refractivity contribution in [3.8, 4) is 5.75 Å². The minimum Gasteiger partial charge on any atom is -0.493 e. The van der Waals surface area contributed by atoms with Gasteiger partial charge in [-0.25, -0.2) is 0 Å². The summed E-state index contributed by atoms with van der Waals surface area (Å²) in [6.45, 7) is 4.29. The molecule has 1 heterocycles. The van der Waals surface area contributed by atoms with Crippen molar-refractivity contribution < 1.29 is 19.1 Å². The summed E-state index contributed by atoms with van der Waals surface area (Å²) < 4.78 is 5.73. The molecule has 0 aliphatic carbocycles. The lowest BCUT2D eigenvalue weighted by molar-refractivity contribution is -0.116. The lowest BCUT2D eigenvalue weighted by Crippen LogP contribution is -2.30. The molecule has 45 heavy (non-hydrogen) atoms. The molecule has 228 valence electrons. The van der Waals surface area contributed by atoms with Crippen LogP contribution in [0.5, 0.6) is 5.75 Å². The lowest BCUT2D eigenvalue weighted by atomic mass is 10.1. The number of carbonyl (C=O) groups excluding carboxylic acids is 3. The molecule has 1 atom stereocenters. The maximum absolute atomic E-state index is 13.6. The summed E-state index contributed by atoms with van der Waals surface area (Å²) in [5.41, 5.74) is 3.32. The summed E-state index contributed by atoms with van der Waals surface area (Å²) in [6, 6.07) is 31.0. The van der Waals surface area contributed by atoms with Gasteiger partial charge in [0.25, 0.3) is 11.8 Å². The molecule has 5 aromatic rings. The number of nitrogens with one attached hydrogen (secondary N) is 4. The quantitative estimate of drug-likeness (QED) is 0.0855. The van der Waals surface area contributed by atoms with Gasteiger partial charge >= 0.3 is 0 Å². The number of rotatable bonds is 12. The predicted octanol–water partition coefficient (Wildman–Crippen LogP) is 7.49. The van der Waals surface area contributed by atoms with E-state index >= 15 is 0 Å². The fourth-order valence-corrected chi connectivity index (χ4v) is 5.68. The maximum Gasteiger partial charge on any atom is 0.272 e. The Labute approximate surface area is 266 Å². The predicted molar refractivity (Wildman–Crippen MR) is 181 cm³/mol. The Hall–Kier alpha value is -5.28. The third kappa shape index (κ3) is 8.21. The zero-order valence-electron chi connectivity index (χ0n) is 25.0. The molecule has 5 rings (SSSR count). The van der Waals surface area contributed by atoms with Gasteiger partial charge in [0.15, 0.2) is 0 Å². The number of ether oxygens (including phenoxy) is 1. The number of carbonyl (C=O) groups is 3. The molecule has 3 amide bonds. The van der Waals surface area contributed by atoms with Gasteiger partial charge in [0.05, 0.1) is 11.9 Å². The van der Waals surface area contributed by atoms with Crippen LogP contribution < -0.4 is 20.7 Å². The number of hydrogen-bond acceptors (Lipinski definition) is 5.